The molecule has 0 bridgehead atoms. The zero-order valence-corrected chi connectivity index (χ0v) is 6.36. The number of aromatic nitrogens is 4. The molecule has 0 saturated carbocycles. The van der Waals surface area contributed by atoms with E-state index in [1.165, 1.54) is 4.68 Å². The van der Waals surface area contributed by atoms with E-state index < -0.39 is 0 Å². The van der Waals surface area contributed by atoms with E-state index in [0.717, 1.165) is 18.7 Å². The van der Waals surface area contributed by atoms with Crippen molar-refractivity contribution in [2.24, 2.45) is 0 Å². The zero-order valence-electron chi connectivity index (χ0n) is 6.36. The third-order valence-corrected chi connectivity index (χ3v) is 1.30. The maximum Gasteiger partial charge on any atom is 0.152 e. The van der Waals surface area contributed by atoms with Gasteiger partial charge in [-0.3, -0.25) is 0 Å². The van der Waals surface area contributed by atoms with Crippen LogP contribution in [0.25, 0.3) is 0 Å². The molecule has 0 fully saturated rings. The topological polar surface area (TPSA) is 67.4 Å². The zero-order chi connectivity index (χ0) is 8.10. The number of hydrogen-bond donors (Lipinski definition) is 0. The van der Waals surface area contributed by atoms with Crippen LogP contribution < -0.4 is 0 Å². The van der Waals surface area contributed by atoms with Crippen molar-refractivity contribution in [1.82, 2.24) is 20.2 Å². The summed E-state index contributed by atoms with van der Waals surface area (Å²) >= 11 is 0. The maximum atomic E-state index is 8.36. The molecule has 1 rings (SSSR count). The Balaban J connectivity index is 2.71. The van der Waals surface area contributed by atoms with Crippen molar-refractivity contribution in [3.8, 4) is 6.07 Å². The lowest BCUT2D eigenvalue weighted by molar-refractivity contribution is 0.629. The van der Waals surface area contributed by atoms with Gasteiger partial charge in [0.15, 0.2) is 5.82 Å². The van der Waals surface area contributed by atoms with Crippen molar-refractivity contribution < 1.29 is 0 Å². The van der Waals surface area contributed by atoms with Crippen molar-refractivity contribution in [3.63, 3.8) is 0 Å². The Hall–Kier alpha value is -1.44. The summed E-state index contributed by atoms with van der Waals surface area (Å²) in [4.78, 5) is 0. The smallest absolute Gasteiger partial charge is 0.152 e. The average molecular weight is 151 g/mol. The highest BCUT2D eigenvalue weighted by atomic mass is 15.5. The van der Waals surface area contributed by atoms with Crippen LogP contribution in [0.2, 0.25) is 0 Å². The number of nitriles is 1. The van der Waals surface area contributed by atoms with Crippen LogP contribution in [0.4, 0.5) is 0 Å². The van der Waals surface area contributed by atoms with E-state index in [1.54, 1.807) is 0 Å². The van der Waals surface area contributed by atoms with Crippen LogP contribution in [0, 0.1) is 11.3 Å². The molecule has 0 aliphatic rings. The standard InChI is InChI=1S/C6H9N5/c1-2-3-6-8-9-10-11(6)5-4-7/h2-3,5H2,1H3. The molecule has 5 heteroatoms. The number of nitrogens with zero attached hydrogens (tertiary/aromatic N) is 5. The lowest BCUT2D eigenvalue weighted by atomic mass is 10.3. The van der Waals surface area contributed by atoms with Crippen LogP contribution in [0.5, 0.6) is 0 Å². The second-order valence-corrected chi connectivity index (χ2v) is 2.16. The van der Waals surface area contributed by atoms with Crippen LogP contribution in [0.3, 0.4) is 0 Å². The van der Waals surface area contributed by atoms with E-state index in [2.05, 4.69) is 15.5 Å². The van der Waals surface area contributed by atoms with E-state index in [1.807, 2.05) is 13.0 Å². The fraction of sp³-hybridized carbons (Fsp3) is 0.667. The SMILES string of the molecule is CCCc1nnnn1CC#N. The lowest BCUT2D eigenvalue weighted by Gasteiger charge is -1.94. The Morgan fingerprint density at radius 1 is 1.64 bits per heavy atom. The van der Waals surface area contributed by atoms with E-state index >= 15 is 0 Å². The predicted molar refractivity (Wildman–Crippen MR) is 37.4 cm³/mol. The molecule has 0 atom stereocenters. The van der Waals surface area contributed by atoms with Gasteiger partial charge in [0.25, 0.3) is 0 Å². The van der Waals surface area contributed by atoms with E-state index in [9.17, 15) is 0 Å². The highest BCUT2D eigenvalue weighted by molar-refractivity contribution is 4.84. The molecule has 0 aliphatic heterocycles. The first-order chi connectivity index (χ1) is 5.38. The summed E-state index contributed by atoms with van der Waals surface area (Å²) in [5, 5.41) is 19.3. The number of aryl methyl sites for hydroxylation is 1. The minimum atomic E-state index is 0.238. The van der Waals surface area contributed by atoms with Crippen LogP contribution >= 0.6 is 0 Å². The molecule has 1 heterocycles. The van der Waals surface area contributed by atoms with Crippen molar-refractivity contribution in [2.45, 2.75) is 26.3 Å². The Bertz CT molecular complexity index is 258. The molecule has 1 aromatic rings. The second kappa shape index (κ2) is 3.66. The summed E-state index contributed by atoms with van der Waals surface area (Å²) < 4.78 is 1.52. The average Bonchev–Trinajstić information content (AvgIpc) is 2.39. The minimum absolute atomic E-state index is 0.238. The van der Waals surface area contributed by atoms with Crippen molar-refractivity contribution >= 4 is 0 Å². The van der Waals surface area contributed by atoms with Crippen molar-refractivity contribution in [2.75, 3.05) is 0 Å². The van der Waals surface area contributed by atoms with E-state index in [4.69, 9.17) is 5.26 Å². The molecule has 0 unspecified atom stereocenters. The molecule has 1 aromatic heterocycles. The molecule has 0 radical (unpaired) electrons. The number of rotatable bonds is 3. The van der Waals surface area contributed by atoms with Gasteiger partial charge in [0.2, 0.25) is 0 Å². The molecule has 0 aliphatic carbocycles. The predicted octanol–water partition coefficient (Wildman–Crippen LogP) is 0.149. The molecular formula is C6H9N5. The highest BCUT2D eigenvalue weighted by Gasteiger charge is 2.02. The second-order valence-electron chi connectivity index (χ2n) is 2.16. The summed E-state index contributed by atoms with van der Waals surface area (Å²) in [6.45, 7) is 2.29. The van der Waals surface area contributed by atoms with Crippen molar-refractivity contribution in [3.05, 3.63) is 5.82 Å². The van der Waals surface area contributed by atoms with Crippen molar-refractivity contribution in [1.29, 1.82) is 5.26 Å². The largest absolute Gasteiger partial charge is 0.215 e. The minimum Gasteiger partial charge on any atom is -0.215 e. The van der Waals surface area contributed by atoms with E-state index in [-0.39, 0.29) is 6.54 Å². The monoisotopic (exact) mass is 151 g/mol. The van der Waals surface area contributed by atoms with Gasteiger partial charge in [-0.25, -0.2) is 4.68 Å². The number of hydrogen-bond acceptors (Lipinski definition) is 4. The first-order valence-electron chi connectivity index (χ1n) is 3.50. The van der Waals surface area contributed by atoms with Gasteiger partial charge in [0.1, 0.15) is 6.54 Å². The molecule has 0 amide bonds. The molecule has 0 spiro atoms. The summed E-state index contributed by atoms with van der Waals surface area (Å²) in [6.07, 6.45) is 1.82. The highest BCUT2D eigenvalue weighted by Crippen LogP contribution is 1.95. The molecule has 11 heavy (non-hydrogen) atoms. The Morgan fingerprint density at radius 3 is 3.09 bits per heavy atom. The van der Waals surface area contributed by atoms with Crippen LogP contribution in [0.15, 0.2) is 0 Å². The summed E-state index contributed by atoms with van der Waals surface area (Å²) in [5.41, 5.74) is 0. The van der Waals surface area contributed by atoms with Gasteiger partial charge in [-0.15, -0.1) is 5.10 Å². The van der Waals surface area contributed by atoms with E-state index in [0.29, 0.717) is 0 Å². The molecule has 5 nitrogen and oxygen atoms in total. The molecule has 0 N–H and O–H groups in total. The molecular weight excluding hydrogens is 142 g/mol. The summed E-state index contributed by atoms with van der Waals surface area (Å²) in [7, 11) is 0. The van der Waals surface area contributed by atoms with Gasteiger partial charge in [-0.05, 0) is 16.8 Å². The third-order valence-electron chi connectivity index (χ3n) is 1.30. The molecule has 58 valence electrons. The van der Waals surface area contributed by atoms with Gasteiger partial charge < -0.3 is 0 Å². The fourth-order valence-corrected chi connectivity index (χ4v) is 0.816. The van der Waals surface area contributed by atoms with Gasteiger partial charge in [-0.1, -0.05) is 6.92 Å². The quantitative estimate of drug-likeness (QED) is 0.616. The Morgan fingerprint density at radius 2 is 2.45 bits per heavy atom. The molecule has 0 aromatic carbocycles. The Kier molecular flexibility index (Phi) is 2.55. The normalized spacial score (nSPS) is 9.45. The van der Waals surface area contributed by atoms with Crippen LogP contribution in [-0.2, 0) is 13.0 Å². The van der Waals surface area contributed by atoms with Crippen LogP contribution in [-0.4, -0.2) is 20.2 Å². The van der Waals surface area contributed by atoms with Crippen LogP contribution in [0.1, 0.15) is 19.2 Å². The first kappa shape index (κ1) is 7.66. The first-order valence-corrected chi connectivity index (χ1v) is 3.50. The third kappa shape index (κ3) is 1.74. The van der Waals surface area contributed by atoms with Gasteiger partial charge in [-0.2, -0.15) is 5.26 Å². The molecule has 0 saturated heterocycles. The lowest BCUT2D eigenvalue weighted by Crippen LogP contribution is -2.03. The summed E-state index contributed by atoms with van der Waals surface area (Å²) in [6, 6.07) is 1.99. The van der Waals surface area contributed by atoms with Gasteiger partial charge in [0, 0.05) is 6.42 Å². The van der Waals surface area contributed by atoms with Gasteiger partial charge in [0.05, 0.1) is 6.07 Å². The maximum absolute atomic E-state index is 8.36. The fourth-order valence-electron chi connectivity index (χ4n) is 0.816. The Labute approximate surface area is 64.6 Å². The summed E-state index contributed by atoms with van der Waals surface area (Å²) in [5.74, 6) is 0.786. The van der Waals surface area contributed by atoms with Gasteiger partial charge >= 0.3 is 0 Å². The number of tetrazole rings is 1.